The highest BCUT2D eigenvalue weighted by molar-refractivity contribution is 7.88. The Kier molecular flexibility index (Phi) is 6.84. The molecule has 2 fully saturated rings. The molecule has 0 atom stereocenters. The molecule has 4 rings (SSSR count). The molecule has 14 heteroatoms. The molecule has 0 bridgehead atoms. The summed E-state index contributed by atoms with van der Waals surface area (Å²) < 4.78 is 82.0. The van der Waals surface area contributed by atoms with Gasteiger partial charge in [-0.2, -0.15) is 18.3 Å². The van der Waals surface area contributed by atoms with E-state index >= 15 is 0 Å². The third-order valence-corrected chi connectivity index (χ3v) is 7.62. The van der Waals surface area contributed by atoms with Gasteiger partial charge in [0.25, 0.3) is 0 Å². The van der Waals surface area contributed by atoms with Gasteiger partial charge in [-0.3, -0.25) is 4.68 Å². The average molecular weight is 506 g/mol. The fourth-order valence-electron chi connectivity index (χ4n) is 4.36. The maximum absolute atomic E-state index is 14.7. The van der Waals surface area contributed by atoms with E-state index in [9.17, 15) is 26.0 Å². The highest BCUT2D eigenvalue weighted by Gasteiger charge is 2.39. The first-order valence-electron chi connectivity index (χ1n) is 11.0. The Balaban J connectivity index is 1.59. The van der Waals surface area contributed by atoms with Crippen molar-refractivity contribution in [1.29, 1.82) is 0 Å². The quantitative estimate of drug-likeness (QED) is 0.624. The van der Waals surface area contributed by atoms with Crippen LogP contribution < -0.4 is 5.32 Å². The Morgan fingerprint density at radius 3 is 2.32 bits per heavy atom. The SMILES string of the molecule is CN1CCC(n2cc(-c3nc(NC4CCN(S(C)(=O)=O)CC4)ncc3F)c(C(F)(F)F)n2)CC1. The molecule has 0 amide bonds. The van der Waals surface area contributed by atoms with Crippen molar-refractivity contribution >= 4 is 16.0 Å². The van der Waals surface area contributed by atoms with Crippen molar-refractivity contribution in [2.75, 3.05) is 44.8 Å². The van der Waals surface area contributed by atoms with E-state index in [0.29, 0.717) is 38.8 Å². The highest BCUT2D eigenvalue weighted by Crippen LogP contribution is 2.38. The number of rotatable bonds is 5. The average Bonchev–Trinajstić information content (AvgIpc) is 3.21. The van der Waals surface area contributed by atoms with Crippen molar-refractivity contribution in [2.24, 2.45) is 0 Å². The van der Waals surface area contributed by atoms with Crippen LogP contribution in [0.4, 0.5) is 23.5 Å². The van der Waals surface area contributed by atoms with Gasteiger partial charge in [-0.05, 0) is 45.8 Å². The van der Waals surface area contributed by atoms with Gasteiger partial charge in [0.1, 0.15) is 5.69 Å². The maximum atomic E-state index is 14.7. The maximum Gasteiger partial charge on any atom is 0.435 e. The molecule has 2 aromatic heterocycles. The molecule has 2 aliphatic rings. The summed E-state index contributed by atoms with van der Waals surface area (Å²) >= 11 is 0. The van der Waals surface area contributed by atoms with Gasteiger partial charge in [-0.15, -0.1) is 0 Å². The van der Waals surface area contributed by atoms with Gasteiger partial charge in [0.15, 0.2) is 11.5 Å². The molecule has 2 saturated heterocycles. The van der Waals surface area contributed by atoms with Gasteiger partial charge in [0, 0.05) is 25.3 Å². The van der Waals surface area contributed by atoms with E-state index in [2.05, 4.69) is 25.3 Å². The van der Waals surface area contributed by atoms with E-state index in [1.165, 1.54) is 15.2 Å². The first kappa shape index (κ1) is 24.8. The highest BCUT2D eigenvalue weighted by atomic mass is 32.2. The number of sulfonamides is 1. The van der Waals surface area contributed by atoms with Crippen molar-refractivity contribution < 1.29 is 26.0 Å². The van der Waals surface area contributed by atoms with E-state index in [4.69, 9.17) is 0 Å². The number of hydrogen-bond acceptors (Lipinski definition) is 7. The summed E-state index contributed by atoms with van der Waals surface area (Å²) in [5.41, 5.74) is -2.09. The minimum Gasteiger partial charge on any atom is -0.351 e. The third kappa shape index (κ3) is 5.49. The van der Waals surface area contributed by atoms with Crippen LogP contribution in [0.1, 0.15) is 37.4 Å². The lowest BCUT2D eigenvalue weighted by Crippen LogP contribution is -2.42. The number of likely N-dealkylation sites (tertiary alicyclic amines) is 1. The number of nitrogens with zero attached hydrogens (tertiary/aromatic N) is 6. The molecular formula is C20H27F4N7O2S. The number of alkyl halides is 3. The topological polar surface area (TPSA) is 96.2 Å². The molecule has 0 unspecified atom stereocenters. The van der Waals surface area contributed by atoms with E-state index in [0.717, 1.165) is 25.5 Å². The fourth-order valence-corrected chi connectivity index (χ4v) is 5.23. The lowest BCUT2D eigenvalue weighted by molar-refractivity contribution is -0.141. The summed E-state index contributed by atoms with van der Waals surface area (Å²) in [6, 6.07) is -0.408. The normalized spacial score (nSPS) is 20.1. The molecule has 0 saturated carbocycles. The summed E-state index contributed by atoms with van der Waals surface area (Å²) in [5, 5.41) is 6.79. The first-order valence-corrected chi connectivity index (χ1v) is 12.9. The zero-order chi connectivity index (χ0) is 24.7. The van der Waals surface area contributed by atoms with Crippen LogP contribution in [0.15, 0.2) is 12.4 Å². The summed E-state index contributed by atoms with van der Waals surface area (Å²) in [6.45, 7) is 2.06. The second-order valence-corrected chi connectivity index (χ2v) is 10.9. The lowest BCUT2D eigenvalue weighted by Gasteiger charge is -2.30. The van der Waals surface area contributed by atoms with Crippen LogP contribution in [-0.4, -0.2) is 82.9 Å². The second kappa shape index (κ2) is 9.38. The minimum atomic E-state index is -4.78. The number of aromatic nitrogens is 4. The molecular weight excluding hydrogens is 478 g/mol. The van der Waals surface area contributed by atoms with Gasteiger partial charge in [0.2, 0.25) is 16.0 Å². The van der Waals surface area contributed by atoms with Crippen LogP contribution >= 0.6 is 0 Å². The van der Waals surface area contributed by atoms with Gasteiger partial charge < -0.3 is 10.2 Å². The number of nitrogens with one attached hydrogen (secondary N) is 1. The molecule has 0 radical (unpaired) electrons. The van der Waals surface area contributed by atoms with Gasteiger partial charge in [-0.1, -0.05) is 0 Å². The number of anilines is 1. The van der Waals surface area contributed by atoms with Gasteiger partial charge in [0.05, 0.1) is 24.1 Å². The summed E-state index contributed by atoms with van der Waals surface area (Å²) in [6.07, 6.45) is 0.619. The van der Waals surface area contributed by atoms with Crippen LogP contribution in [0, 0.1) is 5.82 Å². The molecule has 2 aromatic rings. The Bertz CT molecular complexity index is 1120. The predicted octanol–water partition coefficient (Wildman–Crippen LogP) is 2.60. The van der Waals surface area contributed by atoms with Crippen LogP contribution in [-0.2, 0) is 16.2 Å². The van der Waals surface area contributed by atoms with Crippen molar-refractivity contribution in [3.05, 3.63) is 23.9 Å². The third-order valence-electron chi connectivity index (χ3n) is 6.32. The van der Waals surface area contributed by atoms with Gasteiger partial charge >= 0.3 is 6.18 Å². The van der Waals surface area contributed by atoms with E-state index in [-0.39, 0.29) is 18.0 Å². The summed E-state index contributed by atoms with van der Waals surface area (Å²) in [5.74, 6) is -1.000. The molecule has 9 nitrogen and oxygen atoms in total. The van der Waals surface area contributed by atoms with Crippen molar-refractivity contribution in [3.63, 3.8) is 0 Å². The second-order valence-electron chi connectivity index (χ2n) is 8.87. The molecule has 0 aromatic carbocycles. The van der Waals surface area contributed by atoms with Crippen molar-refractivity contribution in [2.45, 2.75) is 43.9 Å². The summed E-state index contributed by atoms with van der Waals surface area (Å²) in [4.78, 5) is 10.0. The Labute approximate surface area is 195 Å². The lowest BCUT2D eigenvalue weighted by atomic mass is 10.1. The van der Waals surface area contributed by atoms with Crippen molar-refractivity contribution in [1.82, 2.24) is 29.0 Å². The predicted molar refractivity (Wildman–Crippen MR) is 117 cm³/mol. The van der Waals surface area contributed by atoms with Crippen LogP contribution in [0.2, 0.25) is 0 Å². The zero-order valence-electron chi connectivity index (χ0n) is 18.9. The fraction of sp³-hybridized carbons (Fsp3) is 0.650. The van der Waals surface area contributed by atoms with E-state index in [1.54, 1.807) is 0 Å². The molecule has 34 heavy (non-hydrogen) atoms. The molecule has 188 valence electrons. The largest absolute Gasteiger partial charge is 0.435 e. The first-order chi connectivity index (χ1) is 15.9. The Morgan fingerprint density at radius 1 is 1.09 bits per heavy atom. The molecule has 4 heterocycles. The molecule has 0 aliphatic carbocycles. The molecule has 2 aliphatic heterocycles. The van der Waals surface area contributed by atoms with E-state index in [1.807, 2.05) is 7.05 Å². The number of halogens is 4. The summed E-state index contributed by atoms with van der Waals surface area (Å²) in [7, 11) is -1.35. The smallest absolute Gasteiger partial charge is 0.351 e. The zero-order valence-corrected chi connectivity index (χ0v) is 19.7. The van der Waals surface area contributed by atoms with Crippen molar-refractivity contribution in [3.8, 4) is 11.3 Å². The Morgan fingerprint density at radius 2 is 1.74 bits per heavy atom. The minimum absolute atomic E-state index is 0.0191. The van der Waals surface area contributed by atoms with Crippen LogP contribution in [0.25, 0.3) is 11.3 Å². The number of piperidine rings is 2. The standard InChI is InChI=1S/C20H27F4N7O2S/c1-29-7-5-14(6-8-29)31-12-15(18(28-31)20(22,23)24)17-16(21)11-25-19(27-17)26-13-3-9-30(10-4-13)34(2,32)33/h11-14H,3-10H2,1-2H3,(H,25,26,27). The number of hydrogen-bond donors (Lipinski definition) is 1. The Hall–Kier alpha value is -2.32. The monoisotopic (exact) mass is 505 g/mol. The van der Waals surface area contributed by atoms with E-state index < -0.39 is 39.0 Å². The van der Waals surface area contributed by atoms with Crippen LogP contribution in [0.3, 0.4) is 0 Å². The van der Waals surface area contributed by atoms with Crippen LogP contribution in [0.5, 0.6) is 0 Å². The van der Waals surface area contributed by atoms with Gasteiger partial charge in [-0.25, -0.2) is 27.1 Å². The molecule has 0 spiro atoms. The molecule has 1 N–H and O–H groups in total.